The molecule has 0 atom stereocenters. The SMILES string of the molecule is O=C(NCCN1CC[CH]CC1)OCc1ccccc1. The van der Waals surface area contributed by atoms with Crippen molar-refractivity contribution in [2.24, 2.45) is 0 Å². The largest absolute Gasteiger partial charge is 0.445 e. The Morgan fingerprint density at radius 2 is 1.95 bits per heavy atom. The molecular formula is C15H21N2O2. The first-order chi connectivity index (χ1) is 9.34. The van der Waals surface area contributed by atoms with Crippen LogP contribution in [0.1, 0.15) is 18.4 Å². The van der Waals surface area contributed by atoms with Crippen molar-refractivity contribution in [3.63, 3.8) is 0 Å². The zero-order valence-corrected chi connectivity index (χ0v) is 11.2. The molecule has 1 N–H and O–H groups in total. The first-order valence-electron chi connectivity index (χ1n) is 6.83. The van der Waals surface area contributed by atoms with Crippen LogP contribution in [0.2, 0.25) is 0 Å². The summed E-state index contributed by atoms with van der Waals surface area (Å²) in [5.41, 5.74) is 1.00. The summed E-state index contributed by atoms with van der Waals surface area (Å²) in [6.07, 6.45) is 4.28. The van der Waals surface area contributed by atoms with E-state index in [1.165, 1.54) is 0 Å². The molecule has 2 rings (SSSR count). The maximum Gasteiger partial charge on any atom is 0.407 e. The first kappa shape index (κ1) is 13.9. The molecule has 0 aromatic heterocycles. The zero-order chi connectivity index (χ0) is 13.3. The molecule has 0 aliphatic carbocycles. The second-order valence-corrected chi connectivity index (χ2v) is 4.70. The number of benzene rings is 1. The number of nitrogens with one attached hydrogen (secondary N) is 1. The average molecular weight is 261 g/mol. The highest BCUT2D eigenvalue weighted by molar-refractivity contribution is 5.67. The number of likely N-dealkylation sites (tertiary alicyclic amines) is 1. The van der Waals surface area contributed by atoms with E-state index in [1.807, 2.05) is 30.3 Å². The van der Waals surface area contributed by atoms with Gasteiger partial charge in [0.05, 0.1) is 0 Å². The molecule has 1 aromatic rings. The summed E-state index contributed by atoms with van der Waals surface area (Å²) in [6, 6.07) is 9.70. The molecule has 0 saturated carbocycles. The minimum atomic E-state index is -0.340. The van der Waals surface area contributed by atoms with Gasteiger partial charge >= 0.3 is 6.09 Å². The molecule has 19 heavy (non-hydrogen) atoms. The van der Waals surface area contributed by atoms with Crippen LogP contribution in [-0.2, 0) is 11.3 Å². The maximum atomic E-state index is 11.5. The lowest BCUT2D eigenvalue weighted by molar-refractivity contribution is 0.137. The third-order valence-electron chi connectivity index (χ3n) is 3.21. The van der Waals surface area contributed by atoms with Crippen LogP contribution in [0, 0.1) is 6.42 Å². The molecule has 1 heterocycles. The van der Waals surface area contributed by atoms with E-state index in [0.717, 1.165) is 38.0 Å². The number of hydrogen-bond donors (Lipinski definition) is 1. The van der Waals surface area contributed by atoms with Gasteiger partial charge in [-0.25, -0.2) is 4.79 Å². The van der Waals surface area contributed by atoms with Crippen LogP contribution in [0.25, 0.3) is 0 Å². The van der Waals surface area contributed by atoms with Crippen molar-refractivity contribution < 1.29 is 9.53 Å². The fraction of sp³-hybridized carbons (Fsp3) is 0.467. The summed E-state index contributed by atoms with van der Waals surface area (Å²) in [7, 11) is 0. The van der Waals surface area contributed by atoms with Gasteiger partial charge < -0.3 is 15.0 Å². The molecule has 0 unspecified atom stereocenters. The van der Waals surface area contributed by atoms with Gasteiger partial charge in [-0.3, -0.25) is 0 Å². The number of hydrogen-bond acceptors (Lipinski definition) is 3. The van der Waals surface area contributed by atoms with Gasteiger partial charge in [-0.2, -0.15) is 0 Å². The van der Waals surface area contributed by atoms with E-state index in [0.29, 0.717) is 13.2 Å². The molecule has 1 fully saturated rings. The molecule has 1 aromatic carbocycles. The second-order valence-electron chi connectivity index (χ2n) is 4.70. The zero-order valence-electron chi connectivity index (χ0n) is 11.2. The molecule has 4 heteroatoms. The van der Waals surface area contributed by atoms with Crippen LogP contribution in [0.15, 0.2) is 30.3 Å². The molecule has 1 aliphatic rings. The Morgan fingerprint density at radius 1 is 1.21 bits per heavy atom. The van der Waals surface area contributed by atoms with Gasteiger partial charge in [-0.15, -0.1) is 0 Å². The second kappa shape index (κ2) is 7.79. The van der Waals surface area contributed by atoms with Crippen LogP contribution < -0.4 is 5.32 Å². The highest BCUT2D eigenvalue weighted by Gasteiger charge is 2.10. The molecule has 1 radical (unpaired) electrons. The van der Waals surface area contributed by atoms with E-state index in [-0.39, 0.29) is 6.09 Å². The number of amides is 1. The Labute approximate surface area is 114 Å². The number of carbonyl (C=O) groups is 1. The predicted molar refractivity (Wildman–Crippen MR) is 74.6 cm³/mol. The Kier molecular flexibility index (Phi) is 5.69. The highest BCUT2D eigenvalue weighted by Crippen LogP contribution is 2.06. The first-order valence-corrected chi connectivity index (χ1v) is 6.83. The maximum absolute atomic E-state index is 11.5. The quantitative estimate of drug-likeness (QED) is 0.883. The van der Waals surface area contributed by atoms with Gasteiger partial charge in [-0.05, 0) is 37.9 Å². The number of alkyl carbamates (subject to hydrolysis) is 1. The van der Waals surface area contributed by atoms with Crippen LogP contribution in [0.4, 0.5) is 4.79 Å². The Balaban J connectivity index is 1.57. The van der Waals surface area contributed by atoms with Gasteiger partial charge in [0.2, 0.25) is 0 Å². The Morgan fingerprint density at radius 3 is 2.68 bits per heavy atom. The molecule has 0 bridgehead atoms. The third-order valence-corrected chi connectivity index (χ3v) is 3.21. The van der Waals surface area contributed by atoms with Crippen molar-refractivity contribution in [3.05, 3.63) is 42.3 Å². The van der Waals surface area contributed by atoms with Gasteiger partial charge in [0.25, 0.3) is 0 Å². The van der Waals surface area contributed by atoms with Crippen molar-refractivity contribution in [2.75, 3.05) is 26.2 Å². The Hall–Kier alpha value is -1.55. The average Bonchev–Trinajstić information content (AvgIpc) is 2.47. The minimum Gasteiger partial charge on any atom is -0.445 e. The molecule has 1 saturated heterocycles. The number of rotatable bonds is 5. The fourth-order valence-corrected chi connectivity index (χ4v) is 2.12. The van der Waals surface area contributed by atoms with Crippen LogP contribution in [0.3, 0.4) is 0 Å². The predicted octanol–water partition coefficient (Wildman–Crippen LogP) is 2.21. The molecular weight excluding hydrogens is 240 g/mol. The van der Waals surface area contributed by atoms with Crippen molar-refractivity contribution in [3.8, 4) is 0 Å². The van der Waals surface area contributed by atoms with E-state index in [9.17, 15) is 4.79 Å². The van der Waals surface area contributed by atoms with E-state index in [4.69, 9.17) is 4.74 Å². The van der Waals surface area contributed by atoms with Gasteiger partial charge in [0.15, 0.2) is 0 Å². The van der Waals surface area contributed by atoms with Crippen LogP contribution >= 0.6 is 0 Å². The fourth-order valence-electron chi connectivity index (χ4n) is 2.12. The lowest BCUT2D eigenvalue weighted by Gasteiger charge is -2.26. The lowest BCUT2D eigenvalue weighted by Crippen LogP contribution is -2.37. The van der Waals surface area contributed by atoms with E-state index >= 15 is 0 Å². The Bertz CT molecular complexity index is 375. The lowest BCUT2D eigenvalue weighted by atomic mass is 10.1. The van der Waals surface area contributed by atoms with Crippen LogP contribution in [-0.4, -0.2) is 37.2 Å². The van der Waals surface area contributed by atoms with Gasteiger partial charge in [-0.1, -0.05) is 30.3 Å². The van der Waals surface area contributed by atoms with Gasteiger partial charge in [0.1, 0.15) is 6.61 Å². The van der Waals surface area contributed by atoms with Crippen molar-refractivity contribution in [1.82, 2.24) is 10.2 Å². The molecule has 4 nitrogen and oxygen atoms in total. The van der Waals surface area contributed by atoms with Crippen molar-refractivity contribution >= 4 is 6.09 Å². The molecule has 103 valence electrons. The summed E-state index contributed by atoms with van der Waals surface area (Å²) in [5, 5.41) is 2.79. The summed E-state index contributed by atoms with van der Waals surface area (Å²) < 4.78 is 5.14. The third kappa shape index (κ3) is 5.30. The molecule has 0 spiro atoms. The topological polar surface area (TPSA) is 41.6 Å². The van der Waals surface area contributed by atoms with Crippen molar-refractivity contribution in [1.29, 1.82) is 0 Å². The highest BCUT2D eigenvalue weighted by atomic mass is 16.5. The monoisotopic (exact) mass is 261 g/mol. The number of piperidine rings is 1. The van der Waals surface area contributed by atoms with E-state index in [1.54, 1.807) is 0 Å². The summed E-state index contributed by atoms with van der Waals surface area (Å²) in [5.74, 6) is 0. The standard InChI is InChI=1S/C15H21N2O2/c18-15(19-13-14-7-3-1-4-8-14)16-9-12-17-10-5-2-6-11-17/h1-4,7-8H,5-6,9-13H2,(H,16,18). The van der Waals surface area contributed by atoms with E-state index < -0.39 is 0 Å². The number of nitrogens with zero attached hydrogens (tertiary/aromatic N) is 1. The number of ether oxygens (including phenoxy) is 1. The molecule has 1 aliphatic heterocycles. The summed E-state index contributed by atoms with van der Waals surface area (Å²) in [4.78, 5) is 13.9. The van der Waals surface area contributed by atoms with Crippen molar-refractivity contribution in [2.45, 2.75) is 19.4 Å². The smallest absolute Gasteiger partial charge is 0.407 e. The van der Waals surface area contributed by atoms with E-state index in [2.05, 4.69) is 16.6 Å². The van der Waals surface area contributed by atoms with Crippen LogP contribution in [0.5, 0.6) is 0 Å². The summed E-state index contributed by atoms with van der Waals surface area (Å²) >= 11 is 0. The molecule has 1 amide bonds. The minimum absolute atomic E-state index is 0.325. The number of carbonyl (C=O) groups excluding carboxylic acids is 1. The summed E-state index contributed by atoms with van der Waals surface area (Å²) in [6.45, 7) is 4.06. The van der Waals surface area contributed by atoms with Gasteiger partial charge in [0, 0.05) is 13.1 Å². The normalized spacial score (nSPS) is 16.0.